The number of aromatic nitrogens is 1. The summed E-state index contributed by atoms with van der Waals surface area (Å²) < 4.78 is 6.12. The van der Waals surface area contributed by atoms with Gasteiger partial charge in [-0.05, 0) is 31.4 Å². The maximum atomic E-state index is 12.6. The van der Waals surface area contributed by atoms with Crippen molar-refractivity contribution >= 4 is 11.8 Å². The molecular weight excluding hydrogens is 318 g/mol. The molecule has 0 saturated carbocycles. The molecule has 7 nitrogen and oxygen atoms in total. The summed E-state index contributed by atoms with van der Waals surface area (Å²) in [5.41, 5.74) is 0.168. The highest BCUT2D eigenvalue weighted by atomic mass is 16.5. The molecule has 3 aliphatic heterocycles. The van der Waals surface area contributed by atoms with Gasteiger partial charge in [0.05, 0.1) is 24.8 Å². The number of nitriles is 1. The van der Waals surface area contributed by atoms with Crippen molar-refractivity contribution in [2.75, 3.05) is 38.1 Å². The Morgan fingerprint density at radius 2 is 2.16 bits per heavy atom. The molecule has 0 bridgehead atoms. The Bertz CT molecular complexity index is 697. The molecule has 2 amide bonds. The number of urea groups is 1. The molecule has 0 radical (unpaired) electrons. The zero-order valence-electron chi connectivity index (χ0n) is 14.3. The van der Waals surface area contributed by atoms with Crippen molar-refractivity contribution in [1.82, 2.24) is 14.8 Å². The maximum Gasteiger partial charge on any atom is 0.320 e. The first-order valence-electron chi connectivity index (χ1n) is 8.99. The average Bonchev–Trinajstić information content (AvgIpc) is 3.37. The van der Waals surface area contributed by atoms with E-state index in [4.69, 9.17) is 10.00 Å². The topological polar surface area (TPSA) is 81.5 Å². The molecule has 7 heteroatoms. The Morgan fingerprint density at radius 3 is 2.96 bits per heavy atom. The molecule has 4 rings (SSSR count). The number of carbonyl (C=O) groups excluding carboxylic acids is 1. The van der Waals surface area contributed by atoms with Crippen molar-refractivity contribution in [2.24, 2.45) is 0 Å². The van der Waals surface area contributed by atoms with E-state index in [9.17, 15) is 4.79 Å². The van der Waals surface area contributed by atoms with E-state index in [0.717, 1.165) is 45.3 Å². The van der Waals surface area contributed by atoms with Crippen LogP contribution in [0.25, 0.3) is 0 Å². The summed E-state index contributed by atoms with van der Waals surface area (Å²) in [6, 6.07) is 7.76. The number of hydrogen-bond donors (Lipinski definition) is 1. The van der Waals surface area contributed by atoms with E-state index in [0.29, 0.717) is 24.7 Å². The molecule has 25 heavy (non-hydrogen) atoms. The van der Waals surface area contributed by atoms with Crippen LogP contribution in [0.3, 0.4) is 0 Å². The van der Waals surface area contributed by atoms with Crippen LogP contribution in [0.4, 0.5) is 10.6 Å². The van der Waals surface area contributed by atoms with Crippen LogP contribution in [0.5, 0.6) is 0 Å². The number of rotatable bonds is 2. The molecular formula is C18H23N5O2. The average molecular weight is 341 g/mol. The fourth-order valence-corrected chi connectivity index (χ4v) is 4.12. The Labute approximate surface area is 147 Å². The van der Waals surface area contributed by atoms with Crippen molar-refractivity contribution in [2.45, 2.75) is 37.3 Å². The molecule has 0 unspecified atom stereocenters. The minimum Gasteiger partial charge on any atom is -0.371 e. The Morgan fingerprint density at radius 1 is 1.32 bits per heavy atom. The van der Waals surface area contributed by atoms with Gasteiger partial charge in [0.15, 0.2) is 0 Å². The predicted octanol–water partition coefficient (Wildman–Crippen LogP) is 1.81. The molecule has 1 aromatic heterocycles. The minimum atomic E-state index is -0.236. The van der Waals surface area contributed by atoms with E-state index in [1.807, 2.05) is 21.9 Å². The van der Waals surface area contributed by atoms with Gasteiger partial charge in [0, 0.05) is 26.1 Å². The summed E-state index contributed by atoms with van der Waals surface area (Å²) in [5.74, 6) is 0.702. The maximum absolute atomic E-state index is 12.6. The van der Waals surface area contributed by atoms with Crippen LogP contribution in [0.2, 0.25) is 0 Å². The highest BCUT2D eigenvalue weighted by Gasteiger charge is 2.47. The largest absolute Gasteiger partial charge is 0.371 e. The van der Waals surface area contributed by atoms with Gasteiger partial charge >= 0.3 is 6.03 Å². The first kappa shape index (κ1) is 16.2. The lowest BCUT2D eigenvalue weighted by Crippen LogP contribution is -2.43. The first-order valence-corrected chi connectivity index (χ1v) is 8.99. The lowest BCUT2D eigenvalue weighted by Gasteiger charge is -2.26. The first-order chi connectivity index (χ1) is 12.2. The quantitative estimate of drug-likeness (QED) is 0.887. The molecule has 1 N–H and O–H groups in total. The van der Waals surface area contributed by atoms with Crippen molar-refractivity contribution in [3.63, 3.8) is 0 Å². The van der Waals surface area contributed by atoms with Gasteiger partial charge < -0.3 is 19.9 Å². The van der Waals surface area contributed by atoms with Gasteiger partial charge in [-0.3, -0.25) is 0 Å². The molecule has 1 aromatic rings. The molecule has 3 fully saturated rings. The second kappa shape index (κ2) is 6.52. The van der Waals surface area contributed by atoms with E-state index in [1.54, 1.807) is 6.07 Å². The third-order valence-electron chi connectivity index (χ3n) is 5.39. The normalized spacial score (nSPS) is 28.5. The number of amides is 2. The Kier molecular flexibility index (Phi) is 4.22. The van der Waals surface area contributed by atoms with E-state index in [-0.39, 0.29) is 17.7 Å². The Hall–Kier alpha value is -2.33. The SMILES string of the molecule is N#Cc1cccc(N[C@H]2CO[C@]3(CCN(C(=O)N4CCCC4)C3)C2)n1. The second-order valence-corrected chi connectivity index (χ2v) is 7.21. The van der Waals surface area contributed by atoms with Crippen LogP contribution >= 0.6 is 0 Å². The summed E-state index contributed by atoms with van der Waals surface area (Å²) in [4.78, 5) is 20.7. The smallest absolute Gasteiger partial charge is 0.320 e. The number of ether oxygens (including phenoxy) is 1. The van der Waals surface area contributed by atoms with Gasteiger partial charge in [0.1, 0.15) is 17.6 Å². The van der Waals surface area contributed by atoms with Crippen molar-refractivity contribution < 1.29 is 9.53 Å². The highest BCUT2D eigenvalue weighted by molar-refractivity contribution is 5.75. The van der Waals surface area contributed by atoms with E-state index in [2.05, 4.69) is 16.4 Å². The van der Waals surface area contributed by atoms with Crippen LogP contribution in [-0.4, -0.2) is 65.2 Å². The summed E-state index contributed by atoms with van der Waals surface area (Å²) in [6.45, 7) is 3.81. The fraction of sp³-hybridized carbons (Fsp3) is 0.611. The zero-order valence-corrected chi connectivity index (χ0v) is 14.3. The number of nitrogens with zero attached hydrogens (tertiary/aromatic N) is 4. The predicted molar refractivity (Wildman–Crippen MR) is 92.1 cm³/mol. The number of carbonyl (C=O) groups is 1. The highest BCUT2D eigenvalue weighted by Crippen LogP contribution is 2.36. The van der Waals surface area contributed by atoms with E-state index in [1.165, 1.54) is 0 Å². The van der Waals surface area contributed by atoms with E-state index < -0.39 is 0 Å². The monoisotopic (exact) mass is 341 g/mol. The number of hydrogen-bond acceptors (Lipinski definition) is 5. The molecule has 3 saturated heterocycles. The molecule has 2 atom stereocenters. The zero-order chi connectivity index (χ0) is 17.3. The number of pyridine rings is 1. The van der Waals surface area contributed by atoms with Gasteiger partial charge in [-0.1, -0.05) is 6.07 Å². The van der Waals surface area contributed by atoms with Crippen molar-refractivity contribution in [1.29, 1.82) is 5.26 Å². The van der Waals surface area contributed by atoms with Crippen LogP contribution < -0.4 is 5.32 Å². The molecule has 0 aliphatic carbocycles. The Balaban J connectivity index is 1.35. The number of likely N-dealkylation sites (tertiary alicyclic amines) is 2. The third kappa shape index (κ3) is 3.27. The third-order valence-corrected chi connectivity index (χ3v) is 5.39. The minimum absolute atomic E-state index is 0.156. The summed E-state index contributed by atoms with van der Waals surface area (Å²) in [5, 5.41) is 12.3. The summed E-state index contributed by atoms with van der Waals surface area (Å²) in [6.07, 6.45) is 3.97. The van der Waals surface area contributed by atoms with Gasteiger partial charge in [-0.15, -0.1) is 0 Å². The fourth-order valence-electron chi connectivity index (χ4n) is 4.12. The van der Waals surface area contributed by atoms with Gasteiger partial charge in [0.25, 0.3) is 0 Å². The van der Waals surface area contributed by atoms with Crippen molar-refractivity contribution in [3.05, 3.63) is 23.9 Å². The van der Waals surface area contributed by atoms with Crippen LogP contribution in [0.1, 0.15) is 31.4 Å². The van der Waals surface area contributed by atoms with Crippen LogP contribution in [0, 0.1) is 11.3 Å². The lowest BCUT2D eigenvalue weighted by molar-refractivity contribution is 0.0141. The summed E-state index contributed by atoms with van der Waals surface area (Å²) in [7, 11) is 0. The van der Waals surface area contributed by atoms with Crippen LogP contribution in [-0.2, 0) is 4.74 Å². The van der Waals surface area contributed by atoms with Gasteiger partial charge in [-0.25, -0.2) is 9.78 Å². The lowest BCUT2D eigenvalue weighted by atomic mass is 9.97. The molecule has 132 valence electrons. The second-order valence-electron chi connectivity index (χ2n) is 7.21. The number of nitrogens with one attached hydrogen (secondary N) is 1. The van der Waals surface area contributed by atoms with Crippen LogP contribution in [0.15, 0.2) is 18.2 Å². The molecule has 0 aromatic carbocycles. The molecule has 3 aliphatic rings. The van der Waals surface area contributed by atoms with Gasteiger partial charge in [-0.2, -0.15) is 5.26 Å². The standard InChI is InChI=1S/C18H23N5O2/c19-11-14-4-3-5-16(20-14)21-15-10-18(25-12-15)6-9-23(13-18)17(24)22-7-1-2-8-22/h3-5,15H,1-2,6-10,12-13H2,(H,20,21)/t15-,18-/m1/s1. The van der Waals surface area contributed by atoms with E-state index >= 15 is 0 Å². The van der Waals surface area contributed by atoms with Gasteiger partial charge in [0.2, 0.25) is 0 Å². The molecule has 1 spiro atoms. The summed E-state index contributed by atoms with van der Waals surface area (Å²) >= 11 is 0. The van der Waals surface area contributed by atoms with Crippen molar-refractivity contribution in [3.8, 4) is 6.07 Å². The molecule has 4 heterocycles. The number of anilines is 1.